The highest BCUT2D eigenvalue weighted by Gasteiger charge is 2.24. The van der Waals surface area contributed by atoms with Crippen molar-refractivity contribution < 1.29 is 19.1 Å². The molecule has 0 heterocycles. The molecule has 1 atom stereocenters. The SMILES string of the molecule is CCc1cc(Oc2cccc3c2C(=O)CC3)ccc1CC(C=O)SC(N)=O. The van der Waals surface area contributed by atoms with Gasteiger partial charge >= 0.3 is 0 Å². The summed E-state index contributed by atoms with van der Waals surface area (Å²) in [5, 5.41) is -1.07. The summed E-state index contributed by atoms with van der Waals surface area (Å²) in [5.74, 6) is 1.35. The van der Waals surface area contributed by atoms with Crippen molar-refractivity contribution in [1.82, 2.24) is 0 Å². The molecule has 0 fully saturated rings. The molecule has 1 aliphatic carbocycles. The van der Waals surface area contributed by atoms with Gasteiger partial charge in [0.25, 0.3) is 5.24 Å². The standard InChI is InChI=1S/C21H21NO4S/c1-2-13-10-16(8-6-15(13)11-17(12-23)27-21(22)25)26-19-5-3-4-14-7-9-18(24)20(14)19/h3-6,8,10,12,17H,2,7,9,11H2,1H3,(H2,22,25). The zero-order valence-corrected chi connectivity index (χ0v) is 15.9. The molecule has 2 N–H and O–H groups in total. The number of carbonyl (C=O) groups is 3. The number of carbonyl (C=O) groups excluding carboxylic acids is 3. The number of amides is 1. The molecule has 1 aliphatic rings. The zero-order valence-electron chi connectivity index (χ0n) is 15.1. The Labute approximate surface area is 162 Å². The topological polar surface area (TPSA) is 86.5 Å². The highest BCUT2D eigenvalue weighted by atomic mass is 32.2. The van der Waals surface area contributed by atoms with Crippen LogP contribution in [0, 0.1) is 0 Å². The van der Waals surface area contributed by atoms with E-state index in [1.165, 1.54) is 0 Å². The maximum atomic E-state index is 12.1. The molecule has 3 rings (SSSR count). The largest absolute Gasteiger partial charge is 0.457 e. The Morgan fingerprint density at radius 3 is 2.78 bits per heavy atom. The first-order chi connectivity index (χ1) is 13.0. The van der Waals surface area contributed by atoms with Gasteiger partial charge in [-0.2, -0.15) is 0 Å². The molecule has 0 saturated heterocycles. The number of fused-ring (bicyclic) bond motifs is 1. The minimum atomic E-state index is -0.562. The average molecular weight is 383 g/mol. The first-order valence-electron chi connectivity index (χ1n) is 8.88. The van der Waals surface area contributed by atoms with Crippen LogP contribution in [0.4, 0.5) is 4.79 Å². The number of primary amides is 1. The van der Waals surface area contributed by atoms with E-state index in [1.54, 1.807) is 0 Å². The van der Waals surface area contributed by atoms with Gasteiger partial charge in [0.15, 0.2) is 5.78 Å². The van der Waals surface area contributed by atoms with Crippen molar-refractivity contribution in [2.24, 2.45) is 5.73 Å². The van der Waals surface area contributed by atoms with Crippen LogP contribution in [0.2, 0.25) is 0 Å². The highest BCUT2D eigenvalue weighted by molar-refractivity contribution is 8.14. The third-order valence-electron chi connectivity index (χ3n) is 4.64. The number of ketones is 1. The highest BCUT2D eigenvalue weighted by Crippen LogP contribution is 2.34. The monoisotopic (exact) mass is 383 g/mol. The minimum Gasteiger partial charge on any atom is -0.457 e. The Morgan fingerprint density at radius 1 is 1.26 bits per heavy atom. The van der Waals surface area contributed by atoms with Crippen LogP contribution < -0.4 is 10.5 Å². The Hall–Kier alpha value is -2.60. The summed E-state index contributed by atoms with van der Waals surface area (Å²) in [4.78, 5) is 34.4. The van der Waals surface area contributed by atoms with Crippen molar-refractivity contribution in [3.8, 4) is 11.5 Å². The van der Waals surface area contributed by atoms with Gasteiger partial charge in [-0.3, -0.25) is 9.59 Å². The number of aryl methyl sites for hydroxylation is 2. The first-order valence-corrected chi connectivity index (χ1v) is 9.76. The predicted octanol–water partition coefficient (Wildman–Crippen LogP) is 4.09. The molecule has 2 aromatic carbocycles. The smallest absolute Gasteiger partial charge is 0.277 e. The van der Waals surface area contributed by atoms with Crippen LogP contribution >= 0.6 is 11.8 Å². The quantitative estimate of drug-likeness (QED) is 0.728. The fourth-order valence-corrected chi connectivity index (χ4v) is 3.98. The molecule has 5 nitrogen and oxygen atoms in total. The molecule has 2 aromatic rings. The van der Waals surface area contributed by atoms with Crippen LogP contribution in [0.3, 0.4) is 0 Å². The number of thioether (sulfide) groups is 1. The van der Waals surface area contributed by atoms with E-state index in [0.717, 1.165) is 47.6 Å². The van der Waals surface area contributed by atoms with E-state index >= 15 is 0 Å². The normalized spacial score (nSPS) is 13.9. The predicted molar refractivity (Wildman–Crippen MR) is 106 cm³/mol. The lowest BCUT2D eigenvalue weighted by atomic mass is 10.0. The zero-order chi connectivity index (χ0) is 19.4. The molecule has 0 aromatic heterocycles. The summed E-state index contributed by atoms with van der Waals surface area (Å²) in [6.07, 6.45) is 3.22. The number of aldehydes is 1. The van der Waals surface area contributed by atoms with Crippen LogP contribution in [-0.2, 0) is 24.1 Å². The van der Waals surface area contributed by atoms with Gasteiger partial charge in [-0.15, -0.1) is 0 Å². The summed E-state index contributed by atoms with van der Waals surface area (Å²) in [5.41, 5.74) is 8.89. The maximum absolute atomic E-state index is 12.1. The summed E-state index contributed by atoms with van der Waals surface area (Å²) in [6.45, 7) is 2.02. The lowest BCUT2D eigenvalue weighted by Gasteiger charge is -2.15. The second-order valence-electron chi connectivity index (χ2n) is 6.42. The Morgan fingerprint density at radius 2 is 2.07 bits per heavy atom. The number of rotatable bonds is 7. The molecule has 0 spiro atoms. The van der Waals surface area contributed by atoms with Gasteiger partial charge in [-0.05, 0) is 54.2 Å². The van der Waals surface area contributed by atoms with E-state index in [4.69, 9.17) is 10.5 Å². The lowest BCUT2D eigenvalue weighted by molar-refractivity contribution is -0.107. The summed E-state index contributed by atoms with van der Waals surface area (Å²) in [7, 11) is 0. The van der Waals surface area contributed by atoms with E-state index in [9.17, 15) is 14.4 Å². The van der Waals surface area contributed by atoms with Crippen LogP contribution in [0.1, 0.15) is 40.4 Å². The first kappa shape index (κ1) is 19.2. The molecule has 1 amide bonds. The van der Waals surface area contributed by atoms with Crippen molar-refractivity contribution in [2.75, 3.05) is 0 Å². The van der Waals surface area contributed by atoms with E-state index < -0.39 is 10.5 Å². The van der Waals surface area contributed by atoms with Gasteiger partial charge in [0, 0.05) is 6.42 Å². The lowest BCUT2D eigenvalue weighted by Crippen LogP contribution is -2.16. The van der Waals surface area contributed by atoms with E-state index in [0.29, 0.717) is 29.9 Å². The molecule has 27 heavy (non-hydrogen) atoms. The summed E-state index contributed by atoms with van der Waals surface area (Å²) in [6, 6.07) is 11.3. The molecular weight excluding hydrogens is 362 g/mol. The second kappa shape index (κ2) is 8.39. The van der Waals surface area contributed by atoms with Crippen LogP contribution in [0.5, 0.6) is 11.5 Å². The molecule has 0 aliphatic heterocycles. The number of nitrogens with two attached hydrogens (primary N) is 1. The van der Waals surface area contributed by atoms with Crippen molar-refractivity contribution in [1.29, 1.82) is 0 Å². The summed E-state index contributed by atoms with van der Waals surface area (Å²) < 4.78 is 6.02. The average Bonchev–Trinajstić information content (AvgIpc) is 3.04. The third-order valence-corrected chi connectivity index (χ3v) is 5.45. The van der Waals surface area contributed by atoms with Gasteiger partial charge in [0.1, 0.15) is 17.8 Å². The van der Waals surface area contributed by atoms with Crippen molar-refractivity contribution >= 4 is 29.1 Å². The van der Waals surface area contributed by atoms with Crippen molar-refractivity contribution in [3.05, 3.63) is 58.7 Å². The Balaban J connectivity index is 1.83. The van der Waals surface area contributed by atoms with Crippen molar-refractivity contribution in [3.63, 3.8) is 0 Å². The van der Waals surface area contributed by atoms with E-state index in [-0.39, 0.29) is 5.78 Å². The van der Waals surface area contributed by atoms with E-state index in [2.05, 4.69) is 0 Å². The molecule has 0 bridgehead atoms. The van der Waals surface area contributed by atoms with Gasteiger partial charge in [0.05, 0.1) is 10.8 Å². The minimum absolute atomic E-state index is 0.116. The number of hydrogen-bond donors (Lipinski definition) is 1. The molecule has 0 saturated carbocycles. The Bertz CT molecular complexity index is 894. The fraction of sp³-hybridized carbons (Fsp3) is 0.286. The van der Waals surface area contributed by atoms with Gasteiger partial charge in [-0.25, -0.2) is 0 Å². The second-order valence-corrected chi connectivity index (χ2v) is 7.66. The van der Waals surface area contributed by atoms with Gasteiger partial charge < -0.3 is 15.3 Å². The van der Waals surface area contributed by atoms with Gasteiger partial charge in [-0.1, -0.05) is 36.9 Å². The Kier molecular flexibility index (Phi) is 5.96. The number of benzene rings is 2. The molecule has 6 heteroatoms. The number of Topliss-reactive ketones (excluding diaryl/α,β-unsaturated/α-hetero) is 1. The van der Waals surface area contributed by atoms with Gasteiger partial charge in [0.2, 0.25) is 0 Å². The molecule has 140 valence electrons. The van der Waals surface area contributed by atoms with Crippen LogP contribution in [0.15, 0.2) is 36.4 Å². The van der Waals surface area contributed by atoms with E-state index in [1.807, 2.05) is 43.3 Å². The van der Waals surface area contributed by atoms with Crippen LogP contribution in [0.25, 0.3) is 0 Å². The summed E-state index contributed by atoms with van der Waals surface area (Å²) >= 11 is 0.836. The van der Waals surface area contributed by atoms with Crippen molar-refractivity contribution in [2.45, 2.75) is 37.9 Å². The van der Waals surface area contributed by atoms with Crippen LogP contribution in [-0.4, -0.2) is 22.6 Å². The number of ether oxygens (including phenoxy) is 1. The fourth-order valence-electron chi connectivity index (χ4n) is 3.36. The number of hydrogen-bond acceptors (Lipinski definition) is 5. The molecular formula is C21H21NO4S. The maximum Gasteiger partial charge on any atom is 0.277 e. The molecule has 0 radical (unpaired) electrons. The third kappa shape index (κ3) is 4.39. The molecule has 1 unspecified atom stereocenters.